The number of nitrogen functional groups attached to an aromatic ring is 1. The quantitative estimate of drug-likeness (QED) is 0.692. The lowest BCUT2D eigenvalue weighted by atomic mass is 10.0. The molecule has 0 aromatic carbocycles. The number of nitrogens with zero attached hydrogens (tertiary/aromatic N) is 1. The molecule has 15 heavy (non-hydrogen) atoms. The van der Waals surface area contributed by atoms with E-state index >= 15 is 0 Å². The van der Waals surface area contributed by atoms with Crippen LogP contribution in [0.15, 0.2) is 31.0 Å². The minimum absolute atomic E-state index is 0.0467. The minimum Gasteiger partial charge on any atom is -0.383 e. The van der Waals surface area contributed by atoms with E-state index in [1.165, 1.54) is 0 Å². The number of Topliss-reactive ketones (excluding diaryl/α,β-unsaturated/α-hetero) is 1. The summed E-state index contributed by atoms with van der Waals surface area (Å²) >= 11 is 0. The van der Waals surface area contributed by atoms with Gasteiger partial charge in [0.2, 0.25) is 0 Å². The van der Waals surface area contributed by atoms with Crippen LogP contribution in [0, 0.1) is 0 Å². The maximum absolute atomic E-state index is 11.6. The Morgan fingerprint density at radius 1 is 1.67 bits per heavy atom. The summed E-state index contributed by atoms with van der Waals surface area (Å²) in [5.74, 6) is 0.339. The van der Waals surface area contributed by atoms with Gasteiger partial charge in [-0.2, -0.15) is 0 Å². The summed E-state index contributed by atoms with van der Waals surface area (Å²) in [5.41, 5.74) is 12.0. The first-order chi connectivity index (χ1) is 7.15. The van der Waals surface area contributed by atoms with Crippen molar-refractivity contribution in [2.45, 2.75) is 18.9 Å². The second-order valence-corrected chi connectivity index (χ2v) is 3.32. The van der Waals surface area contributed by atoms with Crippen LogP contribution in [-0.4, -0.2) is 16.8 Å². The van der Waals surface area contributed by atoms with Crippen molar-refractivity contribution in [2.24, 2.45) is 5.73 Å². The van der Waals surface area contributed by atoms with Gasteiger partial charge in [0, 0.05) is 18.2 Å². The zero-order valence-corrected chi connectivity index (χ0v) is 8.52. The van der Waals surface area contributed by atoms with Gasteiger partial charge >= 0.3 is 0 Å². The summed E-state index contributed by atoms with van der Waals surface area (Å²) in [4.78, 5) is 15.5. The highest BCUT2D eigenvalue weighted by Crippen LogP contribution is 2.09. The zero-order chi connectivity index (χ0) is 11.3. The van der Waals surface area contributed by atoms with Crippen LogP contribution in [0.5, 0.6) is 0 Å². The molecule has 0 bridgehead atoms. The number of carbonyl (C=O) groups is 1. The third kappa shape index (κ3) is 3.18. The number of hydrogen-bond acceptors (Lipinski definition) is 4. The molecule has 4 N–H and O–H groups in total. The summed E-state index contributed by atoms with van der Waals surface area (Å²) in [5, 5.41) is 0. The molecule has 1 unspecified atom stereocenters. The molecule has 4 nitrogen and oxygen atoms in total. The largest absolute Gasteiger partial charge is 0.383 e. The smallest absolute Gasteiger partial charge is 0.154 e. The van der Waals surface area contributed by atoms with Crippen molar-refractivity contribution in [1.29, 1.82) is 0 Å². The predicted molar refractivity (Wildman–Crippen MR) is 60.1 cm³/mol. The molecule has 1 aromatic rings. The van der Waals surface area contributed by atoms with Crippen molar-refractivity contribution < 1.29 is 4.79 Å². The second kappa shape index (κ2) is 5.26. The van der Waals surface area contributed by atoms with Gasteiger partial charge in [-0.3, -0.25) is 4.79 Å². The van der Waals surface area contributed by atoms with E-state index in [-0.39, 0.29) is 12.2 Å². The molecule has 4 heteroatoms. The fourth-order valence-electron chi connectivity index (χ4n) is 1.23. The van der Waals surface area contributed by atoms with Crippen molar-refractivity contribution in [1.82, 2.24) is 4.98 Å². The van der Waals surface area contributed by atoms with E-state index < -0.39 is 6.04 Å². The van der Waals surface area contributed by atoms with E-state index in [2.05, 4.69) is 11.6 Å². The van der Waals surface area contributed by atoms with Crippen LogP contribution in [0.3, 0.4) is 0 Å². The van der Waals surface area contributed by atoms with Crippen LogP contribution in [0.25, 0.3) is 0 Å². The molecular weight excluding hydrogens is 190 g/mol. The summed E-state index contributed by atoms with van der Waals surface area (Å²) < 4.78 is 0. The number of rotatable bonds is 5. The molecule has 0 spiro atoms. The molecule has 0 saturated heterocycles. The lowest BCUT2D eigenvalue weighted by molar-refractivity contribution is -0.119. The van der Waals surface area contributed by atoms with Crippen molar-refractivity contribution >= 4 is 11.6 Å². The molecule has 0 fully saturated rings. The molecule has 0 amide bonds. The minimum atomic E-state index is -0.498. The Balaban J connectivity index is 2.66. The fourth-order valence-corrected chi connectivity index (χ4v) is 1.23. The van der Waals surface area contributed by atoms with Crippen LogP contribution in [0.4, 0.5) is 5.82 Å². The van der Waals surface area contributed by atoms with E-state index in [1.54, 1.807) is 24.4 Å². The van der Waals surface area contributed by atoms with E-state index in [1.807, 2.05) is 0 Å². The highest BCUT2D eigenvalue weighted by molar-refractivity contribution is 5.86. The number of anilines is 1. The van der Waals surface area contributed by atoms with E-state index in [9.17, 15) is 4.79 Å². The monoisotopic (exact) mass is 205 g/mol. The maximum Gasteiger partial charge on any atom is 0.154 e. The van der Waals surface area contributed by atoms with Gasteiger partial charge in [0.15, 0.2) is 5.78 Å². The normalized spacial score (nSPS) is 12.1. The number of ketones is 1. The lowest BCUT2D eigenvalue weighted by Crippen LogP contribution is -2.31. The van der Waals surface area contributed by atoms with Crippen LogP contribution in [0.2, 0.25) is 0 Å². The van der Waals surface area contributed by atoms with Gasteiger partial charge in [0.25, 0.3) is 0 Å². The lowest BCUT2D eigenvalue weighted by Gasteiger charge is -2.08. The molecule has 1 aromatic heterocycles. The van der Waals surface area contributed by atoms with Crippen molar-refractivity contribution in [2.75, 3.05) is 5.73 Å². The summed E-state index contributed by atoms with van der Waals surface area (Å²) in [6, 6.07) is 3.03. The van der Waals surface area contributed by atoms with Crippen LogP contribution < -0.4 is 11.5 Å². The zero-order valence-electron chi connectivity index (χ0n) is 8.52. The Kier molecular flexibility index (Phi) is 4.00. The number of hydrogen-bond donors (Lipinski definition) is 2. The number of carbonyl (C=O) groups excluding carboxylic acids is 1. The van der Waals surface area contributed by atoms with Gasteiger partial charge in [-0.1, -0.05) is 12.1 Å². The first kappa shape index (κ1) is 11.4. The van der Waals surface area contributed by atoms with Crippen molar-refractivity contribution in [3.63, 3.8) is 0 Å². The van der Waals surface area contributed by atoms with Gasteiger partial charge in [-0.15, -0.1) is 6.58 Å². The van der Waals surface area contributed by atoms with Gasteiger partial charge in [-0.25, -0.2) is 4.98 Å². The van der Waals surface area contributed by atoms with E-state index in [0.29, 0.717) is 12.2 Å². The highest BCUT2D eigenvalue weighted by Gasteiger charge is 2.13. The third-order valence-corrected chi connectivity index (χ3v) is 2.12. The van der Waals surface area contributed by atoms with Crippen LogP contribution in [-0.2, 0) is 11.2 Å². The number of aromatic nitrogens is 1. The topological polar surface area (TPSA) is 82.0 Å². The van der Waals surface area contributed by atoms with E-state index in [4.69, 9.17) is 11.5 Å². The molecule has 0 aliphatic heterocycles. The first-order valence-corrected chi connectivity index (χ1v) is 4.73. The molecule has 1 heterocycles. The number of pyridine rings is 1. The van der Waals surface area contributed by atoms with Crippen molar-refractivity contribution in [3.8, 4) is 0 Å². The second-order valence-electron chi connectivity index (χ2n) is 3.32. The Morgan fingerprint density at radius 2 is 2.40 bits per heavy atom. The Hall–Kier alpha value is -1.68. The third-order valence-electron chi connectivity index (χ3n) is 2.12. The Bertz CT molecular complexity index is 363. The Labute approximate surface area is 89.0 Å². The number of nitrogens with two attached hydrogens (primary N) is 2. The summed E-state index contributed by atoms with van der Waals surface area (Å²) in [6.07, 6.45) is 3.94. The highest BCUT2D eigenvalue weighted by atomic mass is 16.1. The van der Waals surface area contributed by atoms with Gasteiger partial charge in [0.05, 0.1) is 6.04 Å². The van der Waals surface area contributed by atoms with Gasteiger partial charge < -0.3 is 11.5 Å². The van der Waals surface area contributed by atoms with Crippen LogP contribution in [0.1, 0.15) is 12.0 Å². The standard InChI is InChI=1S/C11H15N3O/c1-2-4-9(12)10(15)7-8-5-3-6-14-11(8)13/h2-3,5-6,9H,1,4,7,12H2,(H2,13,14). The average molecular weight is 205 g/mol. The van der Waals surface area contributed by atoms with Gasteiger partial charge in [0.1, 0.15) is 5.82 Å². The average Bonchev–Trinajstić information content (AvgIpc) is 2.21. The summed E-state index contributed by atoms with van der Waals surface area (Å²) in [7, 11) is 0. The molecule has 0 aliphatic carbocycles. The van der Waals surface area contributed by atoms with Crippen LogP contribution >= 0.6 is 0 Å². The van der Waals surface area contributed by atoms with E-state index in [0.717, 1.165) is 5.56 Å². The predicted octanol–water partition coefficient (Wildman–Crippen LogP) is 0.679. The molecule has 0 saturated carbocycles. The molecule has 0 radical (unpaired) electrons. The first-order valence-electron chi connectivity index (χ1n) is 4.73. The van der Waals surface area contributed by atoms with Gasteiger partial charge in [-0.05, 0) is 12.5 Å². The molecular formula is C11H15N3O. The maximum atomic E-state index is 11.6. The SMILES string of the molecule is C=CCC(N)C(=O)Cc1cccnc1N. The summed E-state index contributed by atoms with van der Waals surface area (Å²) in [6.45, 7) is 3.54. The van der Waals surface area contributed by atoms with Crippen molar-refractivity contribution in [3.05, 3.63) is 36.5 Å². The Morgan fingerprint density at radius 3 is 3.00 bits per heavy atom. The molecule has 1 atom stereocenters. The fraction of sp³-hybridized carbons (Fsp3) is 0.273. The molecule has 80 valence electrons. The molecule has 0 aliphatic rings. The molecule has 1 rings (SSSR count).